The summed E-state index contributed by atoms with van der Waals surface area (Å²) in [6.07, 6.45) is -0.0858. The fourth-order valence-electron chi connectivity index (χ4n) is 2.42. The fourth-order valence-corrected chi connectivity index (χ4v) is 2.42. The number of nitrogens with zero attached hydrogens (tertiary/aromatic N) is 1. The largest absolute Gasteiger partial charge is 0.405 e. The van der Waals surface area contributed by atoms with Gasteiger partial charge in [0.2, 0.25) is 17.7 Å². The van der Waals surface area contributed by atoms with Gasteiger partial charge in [0, 0.05) is 0 Å². The molecule has 0 spiro atoms. The van der Waals surface area contributed by atoms with E-state index in [1.807, 2.05) is 0 Å². The smallest absolute Gasteiger partial charge is 0.345 e. The molecule has 2 rings (SSSR count). The summed E-state index contributed by atoms with van der Waals surface area (Å²) in [4.78, 5) is 36.0. The maximum atomic E-state index is 12.0. The van der Waals surface area contributed by atoms with Crippen LogP contribution in [0.4, 0.5) is 13.2 Å². The van der Waals surface area contributed by atoms with E-state index in [2.05, 4.69) is 0 Å². The van der Waals surface area contributed by atoms with Gasteiger partial charge >= 0.3 is 6.18 Å². The van der Waals surface area contributed by atoms with Crippen LogP contribution >= 0.6 is 0 Å². The highest BCUT2D eigenvalue weighted by atomic mass is 19.4. The van der Waals surface area contributed by atoms with Crippen LogP contribution < -0.4 is 5.32 Å². The van der Waals surface area contributed by atoms with E-state index in [0.29, 0.717) is 12.8 Å². The number of hydrogen-bond donors (Lipinski definition) is 1. The third-order valence-electron chi connectivity index (χ3n) is 3.39. The molecule has 2 atom stereocenters. The monoisotopic (exact) mass is 290 g/mol. The van der Waals surface area contributed by atoms with Gasteiger partial charge in [0.15, 0.2) is 0 Å². The maximum Gasteiger partial charge on any atom is 0.405 e. The van der Waals surface area contributed by atoms with Crippen LogP contribution in [0.5, 0.6) is 0 Å². The highest BCUT2D eigenvalue weighted by molar-refractivity contribution is 6.07. The van der Waals surface area contributed by atoms with Crippen LogP contribution in [-0.2, 0) is 14.4 Å². The Balaban J connectivity index is 1.95. The highest BCUT2D eigenvalue weighted by Crippen LogP contribution is 2.34. The Bertz CT molecular complexity index is 447. The summed E-state index contributed by atoms with van der Waals surface area (Å²) in [5.74, 6) is -2.92. The van der Waals surface area contributed by atoms with Crippen LogP contribution in [0, 0.1) is 11.8 Å². The number of halogens is 3. The van der Waals surface area contributed by atoms with Crippen LogP contribution in [0.15, 0.2) is 12.2 Å². The Morgan fingerprint density at radius 2 is 1.70 bits per heavy atom. The molecule has 1 fully saturated rings. The number of hydrogen-bond acceptors (Lipinski definition) is 3. The van der Waals surface area contributed by atoms with E-state index in [-0.39, 0.29) is 0 Å². The number of nitrogens with one attached hydrogen (secondary N) is 1. The first-order chi connectivity index (χ1) is 9.29. The van der Waals surface area contributed by atoms with Crippen LogP contribution in [0.1, 0.15) is 12.8 Å². The SMILES string of the molecule is O=C(CN1C(=O)[C@H]2CC=CC[C@H]2C1=O)NCC(F)(F)F. The number of rotatable bonds is 3. The van der Waals surface area contributed by atoms with Crippen LogP contribution in [-0.4, -0.2) is 41.9 Å². The van der Waals surface area contributed by atoms with Gasteiger partial charge in [-0.05, 0) is 12.8 Å². The minimum atomic E-state index is -4.52. The van der Waals surface area contributed by atoms with Gasteiger partial charge in [0.25, 0.3) is 0 Å². The molecule has 0 aromatic carbocycles. The van der Waals surface area contributed by atoms with Gasteiger partial charge in [-0.2, -0.15) is 13.2 Å². The number of imide groups is 1. The molecule has 5 nitrogen and oxygen atoms in total. The zero-order chi connectivity index (χ0) is 14.9. The maximum absolute atomic E-state index is 12.0. The summed E-state index contributed by atoms with van der Waals surface area (Å²) < 4.78 is 35.9. The van der Waals surface area contributed by atoms with E-state index in [0.717, 1.165) is 4.90 Å². The van der Waals surface area contributed by atoms with Crippen molar-refractivity contribution in [3.05, 3.63) is 12.2 Å². The number of fused-ring (bicyclic) bond motifs is 1. The minimum absolute atomic E-state index is 0.426. The van der Waals surface area contributed by atoms with Gasteiger partial charge in [0.05, 0.1) is 11.8 Å². The average Bonchev–Trinajstić information content (AvgIpc) is 2.62. The number of amides is 3. The second-order valence-corrected chi connectivity index (χ2v) is 4.81. The summed E-state index contributed by atoms with van der Waals surface area (Å²) in [6.45, 7) is -2.13. The summed E-state index contributed by atoms with van der Waals surface area (Å²) in [5, 5.41) is 1.65. The molecule has 0 aromatic rings. The third kappa shape index (κ3) is 3.00. The van der Waals surface area contributed by atoms with Crippen molar-refractivity contribution >= 4 is 17.7 Å². The Morgan fingerprint density at radius 3 is 2.15 bits per heavy atom. The Morgan fingerprint density at radius 1 is 1.20 bits per heavy atom. The molecule has 1 aliphatic carbocycles. The molecule has 0 bridgehead atoms. The number of likely N-dealkylation sites (tertiary alicyclic amines) is 1. The van der Waals surface area contributed by atoms with Gasteiger partial charge < -0.3 is 5.32 Å². The van der Waals surface area contributed by atoms with E-state index in [9.17, 15) is 27.6 Å². The van der Waals surface area contributed by atoms with Crippen LogP contribution in [0.2, 0.25) is 0 Å². The molecule has 8 heteroatoms. The number of carbonyl (C=O) groups is 3. The molecule has 1 saturated heterocycles. The van der Waals surface area contributed by atoms with Crippen LogP contribution in [0.3, 0.4) is 0 Å². The normalized spacial score (nSPS) is 25.9. The lowest BCUT2D eigenvalue weighted by molar-refractivity contribution is -0.146. The van der Waals surface area contributed by atoms with E-state index < -0.39 is 48.8 Å². The molecule has 0 unspecified atom stereocenters. The predicted molar refractivity (Wildman–Crippen MR) is 61.1 cm³/mol. The number of carbonyl (C=O) groups excluding carboxylic acids is 3. The molecule has 0 saturated carbocycles. The molecule has 110 valence electrons. The quantitative estimate of drug-likeness (QED) is 0.612. The van der Waals surface area contributed by atoms with Crippen molar-refractivity contribution in [3.63, 3.8) is 0 Å². The van der Waals surface area contributed by atoms with Gasteiger partial charge in [-0.1, -0.05) is 12.2 Å². The van der Waals surface area contributed by atoms with Crippen molar-refractivity contribution in [2.75, 3.05) is 13.1 Å². The third-order valence-corrected chi connectivity index (χ3v) is 3.39. The molecule has 0 radical (unpaired) electrons. The minimum Gasteiger partial charge on any atom is -0.345 e. The highest BCUT2D eigenvalue weighted by Gasteiger charge is 2.47. The van der Waals surface area contributed by atoms with Gasteiger partial charge in [0.1, 0.15) is 13.1 Å². The zero-order valence-corrected chi connectivity index (χ0v) is 10.4. The Kier molecular flexibility index (Phi) is 3.82. The number of alkyl halides is 3. The lowest BCUT2D eigenvalue weighted by Crippen LogP contribution is -2.43. The first-order valence-electron chi connectivity index (χ1n) is 6.13. The fraction of sp³-hybridized carbons (Fsp3) is 0.583. The summed E-state index contributed by atoms with van der Waals surface area (Å²) in [6, 6.07) is 0. The van der Waals surface area contributed by atoms with Crippen molar-refractivity contribution < 1.29 is 27.6 Å². The molecule has 1 N–H and O–H groups in total. The topological polar surface area (TPSA) is 66.5 Å². The Labute approximate surface area is 112 Å². The van der Waals surface area contributed by atoms with Crippen LogP contribution in [0.25, 0.3) is 0 Å². The first kappa shape index (κ1) is 14.5. The van der Waals surface area contributed by atoms with Crippen molar-refractivity contribution in [2.24, 2.45) is 11.8 Å². The first-order valence-corrected chi connectivity index (χ1v) is 6.13. The summed E-state index contributed by atoms with van der Waals surface area (Å²) in [7, 11) is 0. The van der Waals surface area contributed by atoms with E-state index in [1.165, 1.54) is 0 Å². The van der Waals surface area contributed by atoms with Gasteiger partial charge in [-0.25, -0.2) is 0 Å². The van der Waals surface area contributed by atoms with E-state index in [4.69, 9.17) is 0 Å². The summed E-state index contributed by atoms with van der Waals surface area (Å²) >= 11 is 0. The van der Waals surface area contributed by atoms with Gasteiger partial charge in [-0.3, -0.25) is 19.3 Å². The molecule has 1 heterocycles. The van der Waals surface area contributed by atoms with Gasteiger partial charge in [-0.15, -0.1) is 0 Å². The molecule has 2 aliphatic rings. The molecule has 3 amide bonds. The van der Waals surface area contributed by atoms with Crippen molar-refractivity contribution in [1.82, 2.24) is 10.2 Å². The lowest BCUT2D eigenvalue weighted by atomic mass is 9.85. The second-order valence-electron chi connectivity index (χ2n) is 4.81. The molecule has 0 aromatic heterocycles. The predicted octanol–water partition coefficient (Wildman–Crippen LogP) is 0.616. The van der Waals surface area contributed by atoms with Crippen molar-refractivity contribution in [2.45, 2.75) is 19.0 Å². The summed E-state index contributed by atoms with van der Waals surface area (Å²) in [5.41, 5.74) is 0. The standard InChI is InChI=1S/C12H13F3N2O3/c13-12(14,15)6-16-9(18)5-17-10(19)7-3-1-2-4-8(7)11(17)20/h1-2,7-8H,3-6H2,(H,16,18)/t7-,8+. The van der Waals surface area contributed by atoms with E-state index in [1.54, 1.807) is 17.5 Å². The zero-order valence-electron chi connectivity index (χ0n) is 10.4. The van der Waals surface area contributed by atoms with Crippen molar-refractivity contribution in [3.8, 4) is 0 Å². The molecule has 1 aliphatic heterocycles. The lowest BCUT2D eigenvalue weighted by Gasteiger charge is -2.15. The number of allylic oxidation sites excluding steroid dienone is 2. The Hall–Kier alpha value is -1.86. The molecule has 20 heavy (non-hydrogen) atoms. The van der Waals surface area contributed by atoms with E-state index >= 15 is 0 Å². The molecular weight excluding hydrogens is 277 g/mol. The van der Waals surface area contributed by atoms with Crippen molar-refractivity contribution in [1.29, 1.82) is 0 Å². The molecular formula is C12H13F3N2O3. The average molecular weight is 290 g/mol. The second kappa shape index (κ2) is 5.26.